The smallest absolute Gasteiger partial charge is 0.334 e. The molecule has 8 nitrogen and oxygen atoms in total. The van der Waals surface area contributed by atoms with Crippen LogP contribution in [0.4, 0.5) is 14.5 Å². The van der Waals surface area contributed by atoms with Crippen LogP contribution in [0.25, 0.3) is 16.7 Å². The van der Waals surface area contributed by atoms with Gasteiger partial charge in [0.1, 0.15) is 11.6 Å². The molecule has 0 radical (unpaired) electrons. The number of para-hydroxylation sites is 1. The number of anilines is 1. The summed E-state index contributed by atoms with van der Waals surface area (Å²) in [6.45, 7) is 4.05. The third kappa shape index (κ3) is 4.14. The minimum atomic E-state index is -1.05. The number of carbonyl (C=O) groups excluding carboxylic acids is 1. The Hall–Kier alpha value is -4.08. The van der Waals surface area contributed by atoms with Gasteiger partial charge < -0.3 is 11.1 Å². The van der Waals surface area contributed by atoms with Crippen molar-refractivity contribution in [3.63, 3.8) is 0 Å². The highest BCUT2D eigenvalue weighted by molar-refractivity contribution is 5.80. The van der Waals surface area contributed by atoms with Crippen molar-refractivity contribution < 1.29 is 13.6 Å². The summed E-state index contributed by atoms with van der Waals surface area (Å²) in [5.41, 5.74) is 4.91. The Balaban J connectivity index is 2.04. The average Bonchev–Trinajstić information content (AvgIpc) is 3.19. The lowest BCUT2D eigenvalue weighted by molar-refractivity contribution is -0.117. The molecule has 176 valence electrons. The van der Waals surface area contributed by atoms with E-state index in [4.69, 9.17) is 5.73 Å². The topological polar surface area (TPSA) is 123 Å². The molecule has 1 amide bonds. The van der Waals surface area contributed by atoms with Crippen molar-refractivity contribution in [2.75, 3.05) is 11.9 Å². The number of hydrogen-bond donors (Lipinski definition) is 3. The van der Waals surface area contributed by atoms with Crippen LogP contribution in [0.3, 0.4) is 0 Å². The fourth-order valence-corrected chi connectivity index (χ4v) is 3.99. The van der Waals surface area contributed by atoms with Crippen molar-refractivity contribution in [1.82, 2.24) is 14.5 Å². The number of allylic oxidation sites excluding steroid dienone is 4. The van der Waals surface area contributed by atoms with E-state index in [9.17, 15) is 23.2 Å². The van der Waals surface area contributed by atoms with Gasteiger partial charge in [-0.3, -0.25) is 14.6 Å². The number of benzene rings is 1. The summed E-state index contributed by atoms with van der Waals surface area (Å²) in [7, 11) is 0. The predicted molar refractivity (Wildman–Crippen MR) is 125 cm³/mol. The van der Waals surface area contributed by atoms with Gasteiger partial charge in [0.15, 0.2) is 5.65 Å². The van der Waals surface area contributed by atoms with Crippen LogP contribution in [0, 0.1) is 5.82 Å². The van der Waals surface area contributed by atoms with E-state index in [1.807, 2.05) is 19.9 Å². The molecule has 0 aliphatic heterocycles. The molecule has 10 heteroatoms. The van der Waals surface area contributed by atoms with Crippen LogP contribution < -0.4 is 22.3 Å². The van der Waals surface area contributed by atoms with E-state index in [-0.39, 0.29) is 35.6 Å². The SMILES string of the molecule is CC(C)c1cccc(NCCC(N)=O)c1-n1c(=O)[nH]c(=O)c2cc(F)c(C3C=CC=C3F)nc21. The van der Waals surface area contributed by atoms with E-state index in [0.29, 0.717) is 11.4 Å². The standard InChI is InChI=1S/C24H23F2N5O3/c1-12(2)13-5-4-8-18(28-10-9-19(27)32)21(13)31-22-15(23(33)30-24(31)34)11-17(26)20(29-22)14-6-3-7-16(14)25/h3-8,11-12,14,28H,9-10H2,1-2H3,(H2,27,32)(H,30,33,34). The van der Waals surface area contributed by atoms with Gasteiger partial charge in [0.25, 0.3) is 5.56 Å². The number of rotatable bonds is 7. The molecule has 2 aromatic heterocycles. The minimum Gasteiger partial charge on any atom is -0.383 e. The highest BCUT2D eigenvalue weighted by atomic mass is 19.1. The zero-order valence-electron chi connectivity index (χ0n) is 18.6. The lowest BCUT2D eigenvalue weighted by Crippen LogP contribution is -2.31. The maximum absolute atomic E-state index is 14.9. The zero-order valence-corrected chi connectivity index (χ0v) is 18.6. The number of carbonyl (C=O) groups is 1. The Morgan fingerprint density at radius 3 is 2.71 bits per heavy atom. The van der Waals surface area contributed by atoms with E-state index in [0.717, 1.165) is 11.6 Å². The molecule has 0 saturated carbocycles. The lowest BCUT2D eigenvalue weighted by atomic mass is 9.99. The normalized spacial score (nSPS) is 15.2. The second kappa shape index (κ2) is 9.05. The third-order valence-electron chi connectivity index (χ3n) is 5.61. The zero-order chi connectivity index (χ0) is 24.6. The lowest BCUT2D eigenvalue weighted by Gasteiger charge is -2.21. The van der Waals surface area contributed by atoms with Gasteiger partial charge >= 0.3 is 5.69 Å². The summed E-state index contributed by atoms with van der Waals surface area (Å²) in [6.07, 6.45) is 4.15. The van der Waals surface area contributed by atoms with Gasteiger partial charge in [0, 0.05) is 13.0 Å². The molecule has 1 unspecified atom stereocenters. The molecule has 0 saturated heterocycles. The van der Waals surface area contributed by atoms with Gasteiger partial charge in [0.2, 0.25) is 5.91 Å². The average molecular weight is 467 g/mol. The molecule has 1 atom stereocenters. The second-order valence-electron chi connectivity index (χ2n) is 8.28. The first-order valence-electron chi connectivity index (χ1n) is 10.7. The Bertz CT molecular complexity index is 1470. The molecule has 34 heavy (non-hydrogen) atoms. The number of aromatic amines is 1. The van der Waals surface area contributed by atoms with Gasteiger partial charge in [-0.2, -0.15) is 0 Å². The minimum absolute atomic E-state index is 0.0554. The Morgan fingerprint density at radius 2 is 2.06 bits per heavy atom. The number of halogens is 2. The number of nitrogens with two attached hydrogens (primary N) is 1. The molecule has 4 N–H and O–H groups in total. The van der Waals surface area contributed by atoms with Crippen LogP contribution in [-0.4, -0.2) is 27.0 Å². The van der Waals surface area contributed by atoms with Crippen LogP contribution in [0.1, 0.15) is 43.4 Å². The van der Waals surface area contributed by atoms with Gasteiger partial charge in [-0.1, -0.05) is 38.1 Å². The first kappa shape index (κ1) is 23.1. The predicted octanol–water partition coefficient (Wildman–Crippen LogP) is 3.13. The first-order valence-corrected chi connectivity index (χ1v) is 10.7. The maximum atomic E-state index is 14.9. The monoisotopic (exact) mass is 467 g/mol. The van der Waals surface area contributed by atoms with Crippen LogP contribution in [0.2, 0.25) is 0 Å². The van der Waals surface area contributed by atoms with Crippen molar-refractivity contribution in [2.24, 2.45) is 5.73 Å². The Kier molecular flexibility index (Phi) is 6.14. The molecule has 4 rings (SSSR count). The summed E-state index contributed by atoms with van der Waals surface area (Å²) in [5.74, 6) is -3.07. The Labute approximate surface area is 192 Å². The summed E-state index contributed by atoms with van der Waals surface area (Å²) < 4.78 is 30.4. The fraction of sp³-hybridized carbons (Fsp3) is 0.250. The number of fused-ring (bicyclic) bond motifs is 1. The quantitative estimate of drug-likeness (QED) is 0.493. The number of H-pyrrole nitrogens is 1. The highest BCUT2D eigenvalue weighted by Gasteiger charge is 2.26. The fourth-order valence-electron chi connectivity index (χ4n) is 3.99. The number of nitrogens with zero attached hydrogens (tertiary/aromatic N) is 2. The number of pyridine rings is 1. The molecule has 2 heterocycles. The molecular formula is C24H23F2N5O3. The van der Waals surface area contributed by atoms with Crippen molar-refractivity contribution in [3.8, 4) is 5.69 Å². The van der Waals surface area contributed by atoms with Crippen molar-refractivity contribution >= 4 is 22.6 Å². The number of nitrogens with one attached hydrogen (secondary N) is 2. The number of amides is 1. The molecule has 1 aromatic carbocycles. The molecular weight excluding hydrogens is 444 g/mol. The summed E-state index contributed by atoms with van der Waals surface area (Å²) >= 11 is 0. The van der Waals surface area contributed by atoms with Crippen molar-refractivity contribution in [1.29, 1.82) is 0 Å². The second-order valence-corrected chi connectivity index (χ2v) is 8.28. The largest absolute Gasteiger partial charge is 0.383 e. The van der Waals surface area contributed by atoms with E-state index >= 15 is 0 Å². The number of hydrogen-bond acceptors (Lipinski definition) is 5. The Morgan fingerprint density at radius 1 is 1.29 bits per heavy atom. The van der Waals surface area contributed by atoms with Gasteiger partial charge in [0.05, 0.1) is 28.4 Å². The van der Waals surface area contributed by atoms with Gasteiger partial charge in [-0.15, -0.1) is 0 Å². The summed E-state index contributed by atoms with van der Waals surface area (Å²) in [6, 6.07) is 6.27. The summed E-state index contributed by atoms with van der Waals surface area (Å²) in [5, 5.41) is 2.94. The molecule has 0 bridgehead atoms. The van der Waals surface area contributed by atoms with Crippen LogP contribution in [0.5, 0.6) is 0 Å². The van der Waals surface area contributed by atoms with Gasteiger partial charge in [-0.05, 0) is 29.7 Å². The van der Waals surface area contributed by atoms with Gasteiger partial charge in [-0.25, -0.2) is 23.1 Å². The summed E-state index contributed by atoms with van der Waals surface area (Å²) in [4.78, 5) is 43.4. The van der Waals surface area contributed by atoms with E-state index in [2.05, 4.69) is 15.3 Å². The van der Waals surface area contributed by atoms with Crippen LogP contribution >= 0.6 is 0 Å². The first-order chi connectivity index (χ1) is 16.2. The molecule has 3 aromatic rings. The van der Waals surface area contributed by atoms with E-state index in [1.165, 1.54) is 22.8 Å². The molecule has 0 fully saturated rings. The number of primary amides is 1. The van der Waals surface area contributed by atoms with Crippen LogP contribution in [0.15, 0.2) is 57.9 Å². The maximum Gasteiger partial charge on any atom is 0.334 e. The third-order valence-corrected chi connectivity index (χ3v) is 5.61. The molecule has 1 aliphatic rings. The highest BCUT2D eigenvalue weighted by Crippen LogP contribution is 2.34. The van der Waals surface area contributed by atoms with E-state index in [1.54, 1.807) is 12.1 Å². The van der Waals surface area contributed by atoms with Crippen LogP contribution in [-0.2, 0) is 4.79 Å². The van der Waals surface area contributed by atoms with E-state index < -0.39 is 34.7 Å². The van der Waals surface area contributed by atoms with Crippen molar-refractivity contribution in [2.45, 2.75) is 32.1 Å². The van der Waals surface area contributed by atoms with Crippen molar-refractivity contribution in [3.05, 3.63) is 86.2 Å². The number of aromatic nitrogens is 3. The molecule has 0 spiro atoms. The molecule has 1 aliphatic carbocycles.